The number of anilines is 3. The molecule has 168 valence electrons. The molecule has 1 amide bonds. The number of nitrogens with one attached hydrogen (secondary N) is 2. The van der Waals surface area contributed by atoms with Gasteiger partial charge in [0.25, 0.3) is 0 Å². The van der Waals surface area contributed by atoms with Crippen LogP contribution < -0.4 is 15.4 Å². The first kappa shape index (κ1) is 22.0. The Morgan fingerprint density at radius 2 is 1.61 bits per heavy atom. The molecule has 0 radical (unpaired) electrons. The topological polar surface area (TPSA) is 94.0 Å². The van der Waals surface area contributed by atoms with Crippen LogP contribution in [0.3, 0.4) is 0 Å². The molecule has 2 N–H and O–H groups in total. The molecule has 0 saturated heterocycles. The Hall–Kier alpha value is -4.20. The zero-order valence-corrected chi connectivity index (χ0v) is 19.1. The van der Waals surface area contributed by atoms with E-state index in [0.717, 1.165) is 39.6 Å². The first-order valence-electron chi connectivity index (χ1n) is 10.6. The summed E-state index contributed by atoms with van der Waals surface area (Å²) in [6.07, 6.45) is 0.292. The molecule has 8 heteroatoms. The Kier molecular flexibility index (Phi) is 6.35. The predicted octanol–water partition coefficient (Wildman–Crippen LogP) is 4.52. The minimum atomic E-state index is -0.0817. The quantitative estimate of drug-likeness (QED) is 0.437. The van der Waals surface area contributed by atoms with Crippen molar-refractivity contribution in [2.24, 2.45) is 0 Å². The molecule has 0 aliphatic heterocycles. The van der Waals surface area contributed by atoms with Gasteiger partial charge in [0.1, 0.15) is 5.75 Å². The van der Waals surface area contributed by atoms with E-state index in [1.165, 1.54) is 0 Å². The number of nitrogens with zero attached hydrogens (tertiary/aromatic N) is 4. The lowest BCUT2D eigenvalue weighted by molar-refractivity contribution is -0.115. The zero-order chi connectivity index (χ0) is 23.4. The van der Waals surface area contributed by atoms with Crippen molar-refractivity contribution < 1.29 is 9.53 Å². The number of aryl methyl sites for hydroxylation is 1. The van der Waals surface area contributed by atoms with E-state index in [1.807, 2.05) is 81.4 Å². The summed E-state index contributed by atoms with van der Waals surface area (Å²) in [6, 6.07) is 18.6. The first-order chi connectivity index (χ1) is 15.9. The summed E-state index contributed by atoms with van der Waals surface area (Å²) in [4.78, 5) is 12.3. The molecule has 8 nitrogen and oxygen atoms in total. The van der Waals surface area contributed by atoms with E-state index in [9.17, 15) is 4.79 Å². The van der Waals surface area contributed by atoms with Crippen LogP contribution in [-0.4, -0.2) is 33.0 Å². The number of hydrogen-bond acceptors (Lipinski definition) is 6. The average molecular weight is 443 g/mol. The molecule has 0 saturated carbocycles. The molecule has 4 aromatic rings. The summed E-state index contributed by atoms with van der Waals surface area (Å²) >= 11 is 0. The number of methoxy groups -OCH3 is 1. The van der Waals surface area contributed by atoms with Gasteiger partial charge in [0, 0.05) is 17.1 Å². The number of aromatic nitrogens is 4. The standard InChI is InChI=1S/C25H26N6O2/c1-16-17(2)30-31(18(16)3)24-14-13-23(28-29-24)26-20-7-9-21(10-8-20)27-25(32)15-19-5-11-22(33-4)12-6-19/h5-14H,15H2,1-4H3,(H,26,28)(H,27,32). The van der Waals surface area contributed by atoms with Crippen molar-refractivity contribution in [3.8, 4) is 11.6 Å². The molecule has 0 spiro atoms. The second kappa shape index (κ2) is 9.52. The van der Waals surface area contributed by atoms with Gasteiger partial charge in [0.05, 0.1) is 19.2 Å². The molecule has 0 fully saturated rings. The Balaban J connectivity index is 1.35. The van der Waals surface area contributed by atoms with Crippen LogP contribution in [0.25, 0.3) is 5.82 Å². The van der Waals surface area contributed by atoms with E-state index in [1.54, 1.807) is 11.8 Å². The molecule has 2 heterocycles. The van der Waals surface area contributed by atoms with Crippen LogP contribution in [0.4, 0.5) is 17.2 Å². The van der Waals surface area contributed by atoms with Gasteiger partial charge >= 0.3 is 0 Å². The van der Waals surface area contributed by atoms with Gasteiger partial charge in [-0.05, 0) is 80.4 Å². The molecule has 0 unspecified atom stereocenters. The molecule has 0 atom stereocenters. The third kappa shape index (κ3) is 5.17. The van der Waals surface area contributed by atoms with E-state index in [4.69, 9.17) is 4.74 Å². The predicted molar refractivity (Wildman–Crippen MR) is 128 cm³/mol. The van der Waals surface area contributed by atoms with Crippen LogP contribution >= 0.6 is 0 Å². The summed E-state index contributed by atoms with van der Waals surface area (Å²) in [5, 5.41) is 19.2. The number of hydrogen-bond donors (Lipinski definition) is 2. The second-order valence-electron chi connectivity index (χ2n) is 7.76. The fraction of sp³-hybridized carbons (Fsp3) is 0.200. The minimum Gasteiger partial charge on any atom is -0.497 e. The smallest absolute Gasteiger partial charge is 0.228 e. The highest BCUT2D eigenvalue weighted by Gasteiger charge is 2.10. The molecule has 0 aliphatic rings. The van der Waals surface area contributed by atoms with E-state index >= 15 is 0 Å². The molecule has 2 aromatic heterocycles. The van der Waals surface area contributed by atoms with Crippen molar-refractivity contribution in [2.45, 2.75) is 27.2 Å². The van der Waals surface area contributed by atoms with Crippen LogP contribution in [0.2, 0.25) is 0 Å². The maximum atomic E-state index is 12.3. The molecule has 0 aliphatic carbocycles. The maximum Gasteiger partial charge on any atom is 0.228 e. The zero-order valence-electron chi connectivity index (χ0n) is 19.1. The summed E-state index contributed by atoms with van der Waals surface area (Å²) < 4.78 is 6.94. The van der Waals surface area contributed by atoms with Gasteiger partial charge in [-0.1, -0.05) is 12.1 Å². The SMILES string of the molecule is COc1ccc(CC(=O)Nc2ccc(Nc3ccc(-n4nc(C)c(C)c4C)nn3)cc2)cc1. The number of carbonyl (C=O) groups is 1. The lowest BCUT2D eigenvalue weighted by Crippen LogP contribution is -2.14. The van der Waals surface area contributed by atoms with E-state index in [-0.39, 0.29) is 5.91 Å². The Morgan fingerprint density at radius 3 is 2.18 bits per heavy atom. The monoisotopic (exact) mass is 442 g/mol. The third-order valence-electron chi connectivity index (χ3n) is 5.49. The highest BCUT2D eigenvalue weighted by Crippen LogP contribution is 2.20. The van der Waals surface area contributed by atoms with Gasteiger partial charge in [-0.3, -0.25) is 4.79 Å². The fourth-order valence-corrected chi connectivity index (χ4v) is 3.37. The lowest BCUT2D eigenvalue weighted by atomic mass is 10.1. The van der Waals surface area contributed by atoms with Crippen molar-refractivity contribution >= 4 is 23.1 Å². The maximum absolute atomic E-state index is 12.3. The van der Waals surface area contributed by atoms with Gasteiger partial charge in [0.2, 0.25) is 5.91 Å². The first-order valence-corrected chi connectivity index (χ1v) is 10.6. The highest BCUT2D eigenvalue weighted by atomic mass is 16.5. The number of benzene rings is 2. The van der Waals surface area contributed by atoms with Crippen LogP contribution in [0, 0.1) is 20.8 Å². The van der Waals surface area contributed by atoms with Crippen molar-refractivity contribution in [3.63, 3.8) is 0 Å². The largest absolute Gasteiger partial charge is 0.497 e. The van der Waals surface area contributed by atoms with Gasteiger partial charge in [-0.15, -0.1) is 10.2 Å². The van der Waals surface area contributed by atoms with Gasteiger partial charge in [-0.25, -0.2) is 4.68 Å². The van der Waals surface area contributed by atoms with Crippen molar-refractivity contribution in [1.29, 1.82) is 0 Å². The minimum absolute atomic E-state index is 0.0817. The van der Waals surface area contributed by atoms with Gasteiger partial charge < -0.3 is 15.4 Å². The van der Waals surface area contributed by atoms with Crippen LogP contribution in [-0.2, 0) is 11.2 Å². The molecule has 4 rings (SSSR count). The van der Waals surface area contributed by atoms with Crippen molar-refractivity contribution in [1.82, 2.24) is 20.0 Å². The molecular formula is C25H26N6O2. The Labute approximate surface area is 192 Å². The van der Waals surface area contributed by atoms with Crippen LogP contribution in [0.5, 0.6) is 5.75 Å². The van der Waals surface area contributed by atoms with Gasteiger partial charge in [0.15, 0.2) is 11.6 Å². The number of rotatable bonds is 7. The summed E-state index contributed by atoms with van der Waals surface area (Å²) in [5.41, 5.74) is 5.66. The van der Waals surface area contributed by atoms with Gasteiger partial charge in [-0.2, -0.15) is 5.10 Å². The molecule has 0 bridgehead atoms. The van der Waals surface area contributed by atoms with Crippen molar-refractivity contribution in [2.75, 3.05) is 17.7 Å². The van der Waals surface area contributed by atoms with Crippen LogP contribution in [0.1, 0.15) is 22.5 Å². The Bertz CT molecular complexity index is 1250. The summed E-state index contributed by atoms with van der Waals surface area (Å²) in [7, 11) is 1.62. The molecule has 2 aromatic carbocycles. The third-order valence-corrected chi connectivity index (χ3v) is 5.49. The molecular weight excluding hydrogens is 416 g/mol. The summed E-state index contributed by atoms with van der Waals surface area (Å²) in [5.74, 6) is 1.97. The summed E-state index contributed by atoms with van der Waals surface area (Å²) in [6.45, 7) is 6.04. The van der Waals surface area contributed by atoms with E-state index in [2.05, 4.69) is 25.9 Å². The number of carbonyl (C=O) groups excluding carboxylic acids is 1. The number of amides is 1. The number of ether oxygens (including phenoxy) is 1. The molecule has 33 heavy (non-hydrogen) atoms. The van der Waals surface area contributed by atoms with E-state index in [0.29, 0.717) is 18.1 Å². The second-order valence-corrected chi connectivity index (χ2v) is 7.76. The van der Waals surface area contributed by atoms with Crippen LogP contribution in [0.15, 0.2) is 60.7 Å². The lowest BCUT2D eigenvalue weighted by Gasteiger charge is -2.09. The van der Waals surface area contributed by atoms with Crippen molar-refractivity contribution in [3.05, 3.63) is 83.2 Å². The average Bonchev–Trinajstić information content (AvgIpc) is 3.08. The normalized spacial score (nSPS) is 10.7. The Morgan fingerprint density at radius 1 is 0.909 bits per heavy atom. The fourth-order valence-electron chi connectivity index (χ4n) is 3.37. The van der Waals surface area contributed by atoms with E-state index < -0.39 is 0 Å². The highest BCUT2D eigenvalue weighted by molar-refractivity contribution is 5.92.